The molecule has 2 amide bonds. The maximum absolute atomic E-state index is 14.0. The molecule has 2 aromatic carbocycles. The van der Waals surface area contributed by atoms with Gasteiger partial charge in [0.2, 0.25) is 4.08 Å². The van der Waals surface area contributed by atoms with Crippen molar-refractivity contribution in [2.45, 2.75) is 78.8 Å². The van der Waals surface area contributed by atoms with Gasteiger partial charge in [-0.25, -0.2) is 0 Å². The molecular formula is C27H34N2O2S2. The van der Waals surface area contributed by atoms with E-state index < -0.39 is 4.08 Å². The second kappa shape index (κ2) is 12.0. The van der Waals surface area contributed by atoms with Crippen molar-refractivity contribution in [1.29, 1.82) is 0 Å². The summed E-state index contributed by atoms with van der Waals surface area (Å²) in [4.78, 5) is 28.0. The zero-order valence-electron chi connectivity index (χ0n) is 19.1. The molecule has 0 spiro atoms. The average molecular weight is 483 g/mol. The van der Waals surface area contributed by atoms with E-state index in [0.717, 1.165) is 37.1 Å². The summed E-state index contributed by atoms with van der Waals surface area (Å²) >= 11 is 3.20. The predicted octanol–water partition coefficient (Wildman–Crippen LogP) is 7.09. The maximum Gasteiger partial charge on any atom is 0.260 e. The molecule has 2 aromatic rings. The number of nitrogens with one attached hydrogen (secondary N) is 2. The first kappa shape index (κ1) is 24.2. The van der Waals surface area contributed by atoms with Gasteiger partial charge in [0.15, 0.2) is 0 Å². The van der Waals surface area contributed by atoms with Gasteiger partial charge in [0.1, 0.15) is 0 Å². The Labute approximate surface area is 206 Å². The monoisotopic (exact) mass is 482 g/mol. The standard InChI is InChI=1S/C27H34N2O2S2/c30-25(28-21-13-5-1-6-14-21)27(32-23-17-9-3-10-18-23,33-24-19-11-4-12-20-24)26(31)29-22-15-7-2-8-16-22/h1-2,5-8,13-16,23-24H,3-4,9-12,17-20H2,(H,28,30)(H,29,31). The highest BCUT2D eigenvalue weighted by Gasteiger charge is 2.51. The fourth-order valence-corrected chi connectivity index (χ4v) is 8.40. The molecule has 0 bridgehead atoms. The molecule has 4 nitrogen and oxygen atoms in total. The van der Waals surface area contributed by atoms with Crippen LogP contribution in [0, 0.1) is 0 Å². The summed E-state index contributed by atoms with van der Waals surface area (Å²) in [5.74, 6) is -0.429. The highest BCUT2D eigenvalue weighted by atomic mass is 32.2. The lowest BCUT2D eigenvalue weighted by Crippen LogP contribution is -2.50. The molecule has 33 heavy (non-hydrogen) atoms. The lowest BCUT2D eigenvalue weighted by atomic mass is 10.0. The van der Waals surface area contributed by atoms with Gasteiger partial charge < -0.3 is 10.6 Å². The average Bonchev–Trinajstić information content (AvgIpc) is 2.86. The molecule has 2 aliphatic carbocycles. The van der Waals surface area contributed by atoms with Crippen LogP contribution in [-0.4, -0.2) is 26.4 Å². The van der Waals surface area contributed by atoms with Crippen LogP contribution in [0.15, 0.2) is 60.7 Å². The number of anilines is 2. The van der Waals surface area contributed by atoms with Crippen molar-refractivity contribution in [3.8, 4) is 0 Å². The van der Waals surface area contributed by atoms with E-state index in [-0.39, 0.29) is 11.8 Å². The molecule has 4 rings (SSSR count). The fraction of sp³-hybridized carbons (Fsp3) is 0.481. The van der Waals surface area contributed by atoms with Crippen LogP contribution >= 0.6 is 23.5 Å². The normalized spacial score (nSPS) is 17.9. The van der Waals surface area contributed by atoms with Crippen LogP contribution in [0.1, 0.15) is 64.2 Å². The molecule has 176 valence electrons. The van der Waals surface area contributed by atoms with Crippen LogP contribution < -0.4 is 10.6 Å². The van der Waals surface area contributed by atoms with Crippen LogP contribution in [0.2, 0.25) is 0 Å². The number of thioether (sulfide) groups is 2. The molecule has 0 aliphatic heterocycles. The van der Waals surface area contributed by atoms with E-state index in [4.69, 9.17) is 0 Å². The van der Waals surface area contributed by atoms with Gasteiger partial charge in [-0.3, -0.25) is 9.59 Å². The lowest BCUT2D eigenvalue weighted by molar-refractivity contribution is -0.124. The Morgan fingerprint density at radius 1 is 0.606 bits per heavy atom. The van der Waals surface area contributed by atoms with E-state index >= 15 is 0 Å². The number of amides is 2. The summed E-state index contributed by atoms with van der Waals surface area (Å²) in [5.41, 5.74) is 1.46. The van der Waals surface area contributed by atoms with Crippen LogP contribution in [0.3, 0.4) is 0 Å². The van der Waals surface area contributed by atoms with E-state index in [0.29, 0.717) is 10.5 Å². The second-order valence-electron chi connectivity index (χ2n) is 9.01. The van der Waals surface area contributed by atoms with E-state index in [1.165, 1.54) is 38.5 Å². The zero-order chi connectivity index (χ0) is 22.9. The molecule has 2 N–H and O–H groups in total. The summed E-state index contributed by atoms with van der Waals surface area (Å²) < 4.78 is -1.23. The summed E-state index contributed by atoms with van der Waals surface area (Å²) in [6.45, 7) is 0. The first-order valence-corrected chi connectivity index (χ1v) is 14.0. The lowest BCUT2D eigenvalue weighted by Gasteiger charge is -2.37. The van der Waals surface area contributed by atoms with Gasteiger partial charge in [-0.15, -0.1) is 23.5 Å². The summed E-state index contributed by atoms with van der Waals surface area (Å²) in [7, 11) is 0. The third-order valence-corrected chi connectivity index (χ3v) is 10.0. The number of para-hydroxylation sites is 2. The molecule has 2 saturated carbocycles. The smallest absolute Gasteiger partial charge is 0.260 e. The third kappa shape index (κ3) is 6.57. The van der Waals surface area contributed by atoms with Gasteiger partial charge in [0.25, 0.3) is 11.8 Å². The number of rotatable bonds is 8. The van der Waals surface area contributed by atoms with E-state index in [9.17, 15) is 9.59 Å². The molecule has 0 heterocycles. The topological polar surface area (TPSA) is 58.2 Å². The summed E-state index contributed by atoms with van der Waals surface area (Å²) in [5, 5.41) is 6.81. The first-order valence-electron chi connectivity index (χ1n) is 12.2. The Morgan fingerprint density at radius 3 is 1.33 bits per heavy atom. The van der Waals surface area contributed by atoms with Crippen LogP contribution in [-0.2, 0) is 9.59 Å². The van der Waals surface area contributed by atoms with E-state index in [1.807, 2.05) is 60.7 Å². The number of carbonyl (C=O) groups is 2. The van der Waals surface area contributed by atoms with Crippen molar-refractivity contribution in [3.05, 3.63) is 60.7 Å². The summed E-state index contributed by atoms with van der Waals surface area (Å²) in [6, 6.07) is 19.0. The SMILES string of the molecule is O=C(Nc1ccccc1)C(SC1CCCCC1)(SC1CCCCC1)C(=O)Nc1ccccc1. The molecule has 0 unspecified atom stereocenters. The highest BCUT2D eigenvalue weighted by molar-refractivity contribution is 8.21. The van der Waals surface area contributed by atoms with Gasteiger partial charge >= 0.3 is 0 Å². The zero-order valence-corrected chi connectivity index (χ0v) is 20.8. The van der Waals surface area contributed by atoms with Crippen molar-refractivity contribution in [2.75, 3.05) is 10.6 Å². The van der Waals surface area contributed by atoms with Crippen LogP contribution in [0.4, 0.5) is 11.4 Å². The number of hydrogen-bond acceptors (Lipinski definition) is 4. The fourth-order valence-electron chi connectivity index (χ4n) is 4.65. The van der Waals surface area contributed by atoms with Gasteiger partial charge in [-0.05, 0) is 49.9 Å². The largest absolute Gasteiger partial charge is 0.324 e. The predicted molar refractivity (Wildman–Crippen MR) is 142 cm³/mol. The number of carbonyl (C=O) groups excluding carboxylic acids is 2. The highest BCUT2D eigenvalue weighted by Crippen LogP contribution is 2.49. The molecule has 2 fully saturated rings. The Morgan fingerprint density at radius 2 is 0.970 bits per heavy atom. The van der Waals surface area contributed by atoms with Crippen molar-refractivity contribution in [3.63, 3.8) is 0 Å². The minimum absolute atomic E-state index is 0.215. The van der Waals surface area contributed by atoms with E-state index in [1.54, 1.807) is 23.5 Å². The Hall–Kier alpha value is -1.92. The van der Waals surface area contributed by atoms with Gasteiger partial charge in [-0.1, -0.05) is 74.9 Å². The van der Waals surface area contributed by atoms with E-state index in [2.05, 4.69) is 10.6 Å². The third-order valence-electron chi connectivity index (χ3n) is 6.43. The molecule has 0 aromatic heterocycles. The van der Waals surface area contributed by atoms with Crippen molar-refractivity contribution < 1.29 is 9.59 Å². The molecular weight excluding hydrogens is 448 g/mol. The minimum atomic E-state index is -1.23. The molecule has 0 atom stereocenters. The Bertz CT molecular complexity index is 819. The molecule has 0 saturated heterocycles. The number of benzene rings is 2. The van der Waals surface area contributed by atoms with Crippen molar-refractivity contribution >= 4 is 46.7 Å². The first-order chi connectivity index (χ1) is 16.2. The van der Waals surface area contributed by atoms with Gasteiger partial charge in [0, 0.05) is 21.9 Å². The van der Waals surface area contributed by atoms with Gasteiger partial charge in [-0.2, -0.15) is 0 Å². The molecule has 2 aliphatic rings. The van der Waals surface area contributed by atoms with Gasteiger partial charge in [0.05, 0.1) is 0 Å². The van der Waals surface area contributed by atoms with Crippen molar-refractivity contribution in [1.82, 2.24) is 0 Å². The van der Waals surface area contributed by atoms with Crippen LogP contribution in [0.25, 0.3) is 0 Å². The second-order valence-corrected chi connectivity index (χ2v) is 12.3. The van der Waals surface area contributed by atoms with Crippen LogP contribution in [0.5, 0.6) is 0 Å². The molecule has 0 radical (unpaired) electrons. The quantitative estimate of drug-likeness (QED) is 0.311. The minimum Gasteiger partial charge on any atom is -0.324 e. The van der Waals surface area contributed by atoms with Crippen molar-refractivity contribution in [2.24, 2.45) is 0 Å². The Kier molecular flexibility index (Phi) is 8.79. The number of hydrogen-bond donors (Lipinski definition) is 2. The molecule has 6 heteroatoms. The summed E-state index contributed by atoms with van der Waals surface area (Å²) in [6.07, 6.45) is 11.4. The maximum atomic E-state index is 14.0. The Balaban J connectivity index is 1.67.